The van der Waals surface area contributed by atoms with Crippen molar-refractivity contribution in [1.82, 2.24) is 9.78 Å². The molecule has 6 heteroatoms. The van der Waals surface area contributed by atoms with Gasteiger partial charge in [-0.15, -0.1) is 0 Å². The minimum atomic E-state index is -0.133. The van der Waals surface area contributed by atoms with E-state index >= 15 is 0 Å². The van der Waals surface area contributed by atoms with E-state index in [0.29, 0.717) is 23.2 Å². The normalized spacial score (nSPS) is 16.9. The van der Waals surface area contributed by atoms with Gasteiger partial charge >= 0.3 is 0 Å². The van der Waals surface area contributed by atoms with Gasteiger partial charge in [0.05, 0.1) is 18.5 Å². The fourth-order valence-electron chi connectivity index (χ4n) is 1.66. The fourth-order valence-corrected chi connectivity index (χ4v) is 2.11. The number of hydrogen-bond acceptors (Lipinski definition) is 4. The van der Waals surface area contributed by atoms with Gasteiger partial charge in [0.1, 0.15) is 4.47 Å². The number of nitrogens with zero attached hydrogens (tertiary/aromatic N) is 2. The van der Waals surface area contributed by atoms with Crippen LogP contribution < -0.4 is 10.9 Å². The summed E-state index contributed by atoms with van der Waals surface area (Å²) in [4.78, 5) is 11.8. The molecule has 1 heterocycles. The lowest BCUT2D eigenvalue weighted by molar-refractivity contribution is 0.219. The quantitative estimate of drug-likeness (QED) is 0.858. The molecule has 0 unspecified atom stereocenters. The Morgan fingerprint density at radius 2 is 2.35 bits per heavy atom. The number of aliphatic hydroxyl groups excluding tert-OH is 1. The van der Waals surface area contributed by atoms with Crippen molar-refractivity contribution in [3.05, 3.63) is 21.0 Å². The third-order valence-electron chi connectivity index (χ3n) is 3.23. The Morgan fingerprint density at radius 1 is 1.65 bits per heavy atom. The smallest absolute Gasteiger partial charge is 0.283 e. The van der Waals surface area contributed by atoms with Crippen molar-refractivity contribution in [3.63, 3.8) is 0 Å². The summed E-state index contributed by atoms with van der Waals surface area (Å²) >= 11 is 3.28. The summed E-state index contributed by atoms with van der Waals surface area (Å²) < 4.78 is 1.90. The molecule has 0 radical (unpaired) electrons. The van der Waals surface area contributed by atoms with Crippen LogP contribution in [0.1, 0.15) is 19.8 Å². The fraction of sp³-hybridized carbons (Fsp3) is 0.636. The zero-order valence-electron chi connectivity index (χ0n) is 9.74. The first-order valence-electron chi connectivity index (χ1n) is 5.72. The predicted molar refractivity (Wildman–Crippen MR) is 69.1 cm³/mol. The van der Waals surface area contributed by atoms with Crippen molar-refractivity contribution in [2.45, 2.75) is 26.3 Å². The monoisotopic (exact) mass is 301 g/mol. The molecule has 1 aromatic heterocycles. The van der Waals surface area contributed by atoms with Crippen LogP contribution in [-0.4, -0.2) is 28.0 Å². The topological polar surface area (TPSA) is 67.2 Å². The molecule has 17 heavy (non-hydrogen) atoms. The van der Waals surface area contributed by atoms with Crippen molar-refractivity contribution in [3.8, 4) is 0 Å². The average molecular weight is 302 g/mol. The van der Waals surface area contributed by atoms with Crippen molar-refractivity contribution < 1.29 is 5.11 Å². The van der Waals surface area contributed by atoms with E-state index in [0.717, 1.165) is 12.8 Å². The third-order valence-corrected chi connectivity index (χ3v) is 4.00. The van der Waals surface area contributed by atoms with Gasteiger partial charge in [-0.05, 0) is 35.7 Å². The molecule has 0 atom stereocenters. The molecule has 1 aliphatic rings. The molecule has 0 amide bonds. The number of halogens is 1. The largest absolute Gasteiger partial charge is 0.396 e. The summed E-state index contributed by atoms with van der Waals surface area (Å²) in [6, 6.07) is 0. The van der Waals surface area contributed by atoms with E-state index in [1.54, 1.807) is 6.20 Å². The van der Waals surface area contributed by atoms with Gasteiger partial charge in [0, 0.05) is 18.5 Å². The summed E-state index contributed by atoms with van der Waals surface area (Å²) in [6.45, 7) is 3.30. The summed E-state index contributed by atoms with van der Waals surface area (Å²) in [7, 11) is 0. The third kappa shape index (κ3) is 2.52. The maximum atomic E-state index is 11.8. The maximum absolute atomic E-state index is 11.8. The van der Waals surface area contributed by atoms with E-state index in [9.17, 15) is 9.90 Å². The van der Waals surface area contributed by atoms with Crippen LogP contribution in [0.5, 0.6) is 0 Å². The number of anilines is 1. The summed E-state index contributed by atoms with van der Waals surface area (Å²) in [5.74, 6) is 0. The molecule has 0 aliphatic heterocycles. The zero-order valence-corrected chi connectivity index (χ0v) is 11.3. The van der Waals surface area contributed by atoms with Gasteiger partial charge in [-0.1, -0.05) is 0 Å². The SMILES string of the molecule is CCn1ncc(NCC2(CO)CC2)c(Br)c1=O. The van der Waals surface area contributed by atoms with Crippen LogP contribution >= 0.6 is 15.9 Å². The van der Waals surface area contributed by atoms with Crippen molar-refractivity contribution in [2.75, 3.05) is 18.5 Å². The lowest BCUT2D eigenvalue weighted by atomic mass is 10.1. The molecular weight excluding hydrogens is 286 g/mol. The summed E-state index contributed by atoms with van der Waals surface area (Å²) in [5.41, 5.74) is 0.574. The van der Waals surface area contributed by atoms with Crippen LogP contribution in [-0.2, 0) is 6.54 Å². The second kappa shape index (κ2) is 4.78. The Kier molecular flexibility index (Phi) is 3.53. The highest BCUT2D eigenvalue weighted by molar-refractivity contribution is 9.10. The molecule has 0 saturated heterocycles. The lowest BCUT2D eigenvalue weighted by Gasteiger charge is -2.14. The van der Waals surface area contributed by atoms with Crippen LogP contribution in [0, 0.1) is 5.41 Å². The molecule has 0 aromatic carbocycles. The first-order valence-corrected chi connectivity index (χ1v) is 6.51. The van der Waals surface area contributed by atoms with Crippen LogP contribution in [0.15, 0.2) is 15.5 Å². The summed E-state index contributed by atoms with van der Waals surface area (Å²) in [5, 5.41) is 16.4. The first kappa shape index (κ1) is 12.6. The van der Waals surface area contributed by atoms with E-state index < -0.39 is 0 Å². The molecule has 0 bridgehead atoms. The zero-order chi connectivity index (χ0) is 12.5. The van der Waals surface area contributed by atoms with Gasteiger partial charge in [-0.25, -0.2) is 4.68 Å². The minimum Gasteiger partial charge on any atom is -0.396 e. The summed E-state index contributed by atoms with van der Waals surface area (Å²) in [6.07, 6.45) is 3.71. The number of aliphatic hydroxyl groups is 1. The standard InChI is InChI=1S/C11H16BrN3O2/c1-2-15-10(17)9(12)8(5-14-15)13-6-11(7-16)3-4-11/h5,13,16H,2-4,6-7H2,1H3. The molecule has 94 valence electrons. The van der Waals surface area contributed by atoms with Crippen molar-refractivity contribution in [2.24, 2.45) is 5.41 Å². The number of aromatic nitrogens is 2. The van der Waals surface area contributed by atoms with Gasteiger partial charge in [-0.3, -0.25) is 4.79 Å². The van der Waals surface area contributed by atoms with Crippen LogP contribution in [0.2, 0.25) is 0 Å². The van der Waals surface area contributed by atoms with Gasteiger partial charge in [-0.2, -0.15) is 5.10 Å². The van der Waals surface area contributed by atoms with E-state index in [-0.39, 0.29) is 17.6 Å². The lowest BCUT2D eigenvalue weighted by Crippen LogP contribution is -2.25. The maximum Gasteiger partial charge on any atom is 0.283 e. The van der Waals surface area contributed by atoms with E-state index in [2.05, 4.69) is 26.3 Å². The van der Waals surface area contributed by atoms with Gasteiger partial charge in [0.2, 0.25) is 0 Å². The van der Waals surface area contributed by atoms with E-state index in [1.807, 2.05) is 6.92 Å². The van der Waals surface area contributed by atoms with Crippen LogP contribution in [0.3, 0.4) is 0 Å². The Morgan fingerprint density at radius 3 is 2.88 bits per heavy atom. The molecule has 1 aromatic rings. The number of aryl methyl sites for hydroxylation is 1. The first-order chi connectivity index (χ1) is 8.12. The van der Waals surface area contributed by atoms with E-state index in [1.165, 1.54) is 4.68 Å². The van der Waals surface area contributed by atoms with E-state index in [4.69, 9.17) is 0 Å². The number of hydrogen-bond donors (Lipinski definition) is 2. The predicted octanol–water partition coefficient (Wildman–Crippen LogP) is 1.21. The molecular formula is C11H16BrN3O2. The molecule has 2 rings (SSSR count). The molecule has 5 nitrogen and oxygen atoms in total. The Labute approximate surface area is 108 Å². The average Bonchev–Trinajstić information content (AvgIpc) is 3.12. The molecule has 2 N–H and O–H groups in total. The minimum absolute atomic E-state index is 0.0130. The van der Waals surface area contributed by atoms with Crippen LogP contribution in [0.25, 0.3) is 0 Å². The Hall–Kier alpha value is -0.880. The van der Waals surface area contributed by atoms with Crippen LogP contribution in [0.4, 0.5) is 5.69 Å². The molecule has 1 saturated carbocycles. The second-order valence-corrected chi connectivity index (χ2v) is 5.30. The number of nitrogens with one attached hydrogen (secondary N) is 1. The number of rotatable bonds is 5. The van der Waals surface area contributed by atoms with Crippen molar-refractivity contribution in [1.29, 1.82) is 0 Å². The van der Waals surface area contributed by atoms with Gasteiger partial charge in [0.15, 0.2) is 0 Å². The highest BCUT2D eigenvalue weighted by Crippen LogP contribution is 2.45. The van der Waals surface area contributed by atoms with Crippen molar-refractivity contribution >= 4 is 21.6 Å². The highest BCUT2D eigenvalue weighted by Gasteiger charge is 2.41. The Balaban J connectivity index is 2.12. The molecule has 1 fully saturated rings. The molecule has 1 aliphatic carbocycles. The van der Waals surface area contributed by atoms with Gasteiger partial charge < -0.3 is 10.4 Å². The second-order valence-electron chi connectivity index (χ2n) is 4.50. The highest BCUT2D eigenvalue weighted by atomic mass is 79.9. The molecule has 0 spiro atoms. The Bertz CT molecular complexity index is 468. The van der Waals surface area contributed by atoms with Gasteiger partial charge in [0.25, 0.3) is 5.56 Å².